The van der Waals surface area contributed by atoms with Gasteiger partial charge in [0.25, 0.3) is 5.56 Å². The van der Waals surface area contributed by atoms with Gasteiger partial charge in [-0.05, 0) is 20.8 Å². The second-order valence-electron chi connectivity index (χ2n) is 6.39. The number of nitrogens with zero attached hydrogens (tertiary/aromatic N) is 5. The second kappa shape index (κ2) is 6.42. The third kappa shape index (κ3) is 2.80. The number of aromatic nitrogens is 5. The van der Waals surface area contributed by atoms with Crippen LogP contribution in [-0.2, 0) is 17.9 Å². The number of furan rings is 1. The number of nitrogens with one attached hydrogen (secondary N) is 1. The minimum atomic E-state index is -0.261. The molecule has 0 unspecified atom stereocenters. The minimum absolute atomic E-state index is 0.135. The highest BCUT2D eigenvalue weighted by molar-refractivity contribution is 5.91. The Labute approximate surface area is 154 Å². The lowest BCUT2D eigenvalue weighted by atomic mass is 10.3. The van der Waals surface area contributed by atoms with E-state index in [0.29, 0.717) is 11.1 Å². The molecule has 0 atom stereocenters. The summed E-state index contributed by atoms with van der Waals surface area (Å²) in [5, 5.41) is 11.4. The van der Waals surface area contributed by atoms with Crippen LogP contribution in [0.15, 0.2) is 33.9 Å². The zero-order chi connectivity index (χ0) is 19.1. The van der Waals surface area contributed by atoms with E-state index in [1.807, 2.05) is 25.5 Å². The molecule has 140 valence electrons. The second-order valence-corrected chi connectivity index (χ2v) is 6.39. The van der Waals surface area contributed by atoms with E-state index in [2.05, 4.69) is 15.5 Å². The fourth-order valence-corrected chi connectivity index (χ4v) is 3.29. The molecule has 4 heterocycles. The van der Waals surface area contributed by atoms with E-state index < -0.39 is 0 Å². The fourth-order valence-electron chi connectivity index (χ4n) is 3.29. The van der Waals surface area contributed by atoms with Crippen molar-refractivity contribution in [1.82, 2.24) is 24.0 Å². The predicted octanol–water partition coefficient (Wildman–Crippen LogP) is 2.10. The van der Waals surface area contributed by atoms with Gasteiger partial charge in [0, 0.05) is 25.1 Å². The van der Waals surface area contributed by atoms with Crippen molar-refractivity contribution in [1.29, 1.82) is 0 Å². The first-order valence-corrected chi connectivity index (χ1v) is 8.77. The van der Waals surface area contributed by atoms with Crippen LogP contribution in [0.25, 0.3) is 16.6 Å². The molecule has 0 saturated heterocycles. The molecule has 1 N–H and O–H groups in total. The van der Waals surface area contributed by atoms with Crippen molar-refractivity contribution < 1.29 is 9.21 Å². The van der Waals surface area contributed by atoms with Crippen molar-refractivity contribution in [2.24, 2.45) is 0 Å². The summed E-state index contributed by atoms with van der Waals surface area (Å²) in [5.41, 5.74) is 4.04. The highest BCUT2D eigenvalue weighted by atomic mass is 16.3. The Balaban J connectivity index is 1.51. The molecule has 4 aromatic rings. The summed E-state index contributed by atoms with van der Waals surface area (Å²) >= 11 is 0. The molecule has 0 radical (unpaired) electrons. The van der Waals surface area contributed by atoms with Gasteiger partial charge >= 0.3 is 0 Å². The maximum absolute atomic E-state index is 12.6. The smallest absolute Gasteiger partial charge is 0.291 e. The Morgan fingerprint density at radius 3 is 2.81 bits per heavy atom. The van der Waals surface area contributed by atoms with E-state index in [9.17, 15) is 9.59 Å². The van der Waals surface area contributed by atoms with Crippen molar-refractivity contribution in [3.63, 3.8) is 0 Å². The van der Waals surface area contributed by atoms with Crippen LogP contribution in [0.1, 0.15) is 24.7 Å². The molecular formula is C18H20N6O3. The Kier molecular flexibility index (Phi) is 4.06. The quantitative estimate of drug-likeness (QED) is 0.582. The van der Waals surface area contributed by atoms with Crippen LogP contribution in [-0.4, -0.2) is 29.9 Å². The molecule has 0 aliphatic carbocycles. The van der Waals surface area contributed by atoms with Crippen LogP contribution in [0.2, 0.25) is 0 Å². The number of carbonyl (C=O) groups excluding carboxylic acids is 1. The van der Waals surface area contributed by atoms with Crippen LogP contribution in [0.4, 0.5) is 5.69 Å². The molecule has 9 heteroatoms. The van der Waals surface area contributed by atoms with Crippen LogP contribution in [0.3, 0.4) is 0 Å². The largest absolute Gasteiger partial charge is 0.463 e. The van der Waals surface area contributed by atoms with E-state index >= 15 is 0 Å². The van der Waals surface area contributed by atoms with E-state index in [4.69, 9.17) is 4.42 Å². The molecule has 0 aliphatic heterocycles. The highest BCUT2D eigenvalue weighted by Gasteiger charge is 2.15. The van der Waals surface area contributed by atoms with Crippen molar-refractivity contribution >= 4 is 28.2 Å². The number of hydrogen-bond acceptors (Lipinski definition) is 5. The summed E-state index contributed by atoms with van der Waals surface area (Å²) < 4.78 is 10.1. The zero-order valence-electron chi connectivity index (χ0n) is 15.4. The first-order chi connectivity index (χ1) is 13.0. The van der Waals surface area contributed by atoms with Crippen LogP contribution < -0.4 is 10.9 Å². The number of rotatable bonds is 5. The molecular weight excluding hydrogens is 348 g/mol. The van der Waals surface area contributed by atoms with Crippen molar-refractivity contribution in [2.75, 3.05) is 5.32 Å². The molecule has 0 fully saturated rings. The van der Waals surface area contributed by atoms with E-state index in [1.165, 1.54) is 4.68 Å². The van der Waals surface area contributed by atoms with Gasteiger partial charge in [-0.3, -0.25) is 18.7 Å². The maximum atomic E-state index is 12.6. The van der Waals surface area contributed by atoms with Gasteiger partial charge in [-0.2, -0.15) is 10.2 Å². The van der Waals surface area contributed by atoms with Crippen LogP contribution in [0, 0.1) is 13.8 Å². The molecule has 0 saturated carbocycles. The van der Waals surface area contributed by atoms with Crippen LogP contribution in [0.5, 0.6) is 0 Å². The number of anilines is 1. The summed E-state index contributed by atoms with van der Waals surface area (Å²) in [4.78, 5) is 25.0. The Morgan fingerprint density at radius 1 is 1.26 bits per heavy atom. The third-order valence-electron chi connectivity index (χ3n) is 4.72. The molecule has 9 nitrogen and oxygen atoms in total. The summed E-state index contributed by atoms with van der Waals surface area (Å²) in [6, 6.07) is 3.46. The molecule has 0 spiro atoms. The lowest BCUT2D eigenvalue weighted by Crippen LogP contribution is -2.26. The standard InChI is InChI=1S/C18H20N6O3/c1-4-23-12(3)17(11(2)21-23)20-16(25)5-7-24-18(26)14-9-15-13(6-8-27-15)22(14)10-19-24/h6,8-10H,4-5,7H2,1-3H3,(H,20,25). The van der Waals surface area contributed by atoms with Crippen LogP contribution >= 0.6 is 0 Å². The molecule has 4 rings (SSSR count). The molecule has 27 heavy (non-hydrogen) atoms. The average molecular weight is 368 g/mol. The van der Waals surface area contributed by atoms with Gasteiger partial charge in [0.05, 0.1) is 35.4 Å². The van der Waals surface area contributed by atoms with Gasteiger partial charge in [0.2, 0.25) is 5.91 Å². The topological polar surface area (TPSA) is 99.4 Å². The number of amides is 1. The van der Waals surface area contributed by atoms with E-state index in [-0.39, 0.29) is 24.4 Å². The van der Waals surface area contributed by atoms with Gasteiger partial charge < -0.3 is 9.73 Å². The maximum Gasteiger partial charge on any atom is 0.291 e. The monoisotopic (exact) mass is 368 g/mol. The molecule has 0 aromatic carbocycles. The van der Waals surface area contributed by atoms with E-state index in [0.717, 1.165) is 29.1 Å². The first kappa shape index (κ1) is 17.1. The number of aryl methyl sites for hydroxylation is 3. The Bertz CT molecular complexity index is 1210. The Hall–Kier alpha value is -3.36. The van der Waals surface area contributed by atoms with Crippen molar-refractivity contribution in [3.8, 4) is 0 Å². The normalized spacial score (nSPS) is 11.5. The first-order valence-electron chi connectivity index (χ1n) is 8.77. The number of hydrogen-bond donors (Lipinski definition) is 1. The summed E-state index contributed by atoms with van der Waals surface area (Å²) in [7, 11) is 0. The summed E-state index contributed by atoms with van der Waals surface area (Å²) in [6.07, 6.45) is 3.26. The molecule has 0 aliphatic rings. The average Bonchev–Trinajstić information content (AvgIpc) is 3.31. The fraction of sp³-hybridized carbons (Fsp3) is 0.333. The van der Waals surface area contributed by atoms with Gasteiger partial charge in [-0.15, -0.1) is 0 Å². The highest BCUT2D eigenvalue weighted by Crippen LogP contribution is 2.20. The van der Waals surface area contributed by atoms with Gasteiger partial charge in [0.15, 0.2) is 5.58 Å². The summed E-state index contributed by atoms with van der Waals surface area (Å²) in [6.45, 7) is 6.70. The summed E-state index contributed by atoms with van der Waals surface area (Å²) in [5.74, 6) is -0.186. The molecule has 1 amide bonds. The Morgan fingerprint density at radius 2 is 2.07 bits per heavy atom. The van der Waals surface area contributed by atoms with Gasteiger partial charge in [-0.25, -0.2) is 4.68 Å². The van der Waals surface area contributed by atoms with E-state index in [1.54, 1.807) is 29.1 Å². The predicted molar refractivity (Wildman–Crippen MR) is 99.8 cm³/mol. The van der Waals surface area contributed by atoms with Gasteiger partial charge in [0.1, 0.15) is 11.8 Å². The number of fused-ring (bicyclic) bond motifs is 3. The van der Waals surface area contributed by atoms with Crippen molar-refractivity contribution in [3.05, 3.63) is 46.5 Å². The van der Waals surface area contributed by atoms with Gasteiger partial charge in [-0.1, -0.05) is 0 Å². The molecule has 4 aromatic heterocycles. The number of carbonyl (C=O) groups is 1. The third-order valence-corrected chi connectivity index (χ3v) is 4.72. The SMILES string of the molecule is CCn1nc(C)c(NC(=O)CCn2ncn3c(cc4occc43)c2=O)c1C. The minimum Gasteiger partial charge on any atom is -0.463 e. The lowest BCUT2D eigenvalue weighted by Gasteiger charge is -2.07. The lowest BCUT2D eigenvalue weighted by molar-refractivity contribution is -0.116. The zero-order valence-corrected chi connectivity index (χ0v) is 15.4. The molecule has 0 bridgehead atoms. The van der Waals surface area contributed by atoms with Crippen molar-refractivity contribution in [2.45, 2.75) is 40.3 Å².